The number of aromatic nitrogens is 5. The lowest BCUT2D eigenvalue weighted by atomic mass is 10.2. The molecule has 2 heterocycles. The van der Waals surface area contributed by atoms with Crippen LogP contribution in [0.2, 0.25) is 0 Å². The molecule has 2 aromatic rings. The van der Waals surface area contributed by atoms with Gasteiger partial charge in [-0.2, -0.15) is 5.10 Å². The van der Waals surface area contributed by atoms with Crippen molar-refractivity contribution in [3.05, 3.63) is 23.7 Å². The Morgan fingerprint density at radius 3 is 2.53 bits per heavy atom. The van der Waals surface area contributed by atoms with Gasteiger partial charge < -0.3 is 0 Å². The number of rotatable bonds is 5. The summed E-state index contributed by atoms with van der Waals surface area (Å²) in [7, 11) is -0.138. The molecule has 19 heavy (non-hydrogen) atoms. The third-order valence-corrected chi connectivity index (χ3v) is 3.98. The maximum atomic E-state index is 11.9. The van der Waals surface area contributed by atoms with Crippen molar-refractivity contribution in [2.45, 2.75) is 18.4 Å². The molecule has 0 unspecified atom stereocenters. The van der Waals surface area contributed by atoms with Crippen LogP contribution in [0.4, 0.5) is 0 Å². The number of hydrogen-bond acceptors (Lipinski definition) is 5. The van der Waals surface area contributed by atoms with E-state index in [-0.39, 0.29) is 5.03 Å². The van der Waals surface area contributed by atoms with Crippen LogP contribution in [0.25, 0.3) is 0 Å². The van der Waals surface area contributed by atoms with E-state index in [0.717, 1.165) is 11.3 Å². The van der Waals surface area contributed by atoms with Crippen LogP contribution in [0.15, 0.2) is 17.4 Å². The molecule has 2 rings (SSSR count). The summed E-state index contributed by atoms with van der Waals surface area (Å²) in [6.45, 7) is 2.19. The molecular weight excluding hydrogens is 268 g/mol. The summed E-state index contributed by atoms with van der Waals surface area (Å²) in [4.78, 5) is 0. The van der Waals surface area contributed by atoms with Crippen molar-refractivity contribution in [1.82, 2.24) is 29.5 Å². The lowest BCUT2D eigenvalue weighted by Gasteiger charge is -2.02. The molecule has 8 nitrogen and oxygen atoms in total. The van der Waals surface area contributed by atoms with Crippen LogP contribution in [0.5, 0.6) is 0 Å². The second kappa shape index (κ2) is 5.10. The summed E-state index contributed by atoms with van der Waals surface area (Å²) in [5.41, 5.74) is 1.92. The first kappa shape index (κ1) is 13.7. The normalized spacial score (nSPS) is 11.9. The molecule has 0 aromatic carbocycles. The fourth-order valence-corrected chi connectivity index (χ4v) is 2.69. The number of nitrogens with zero attached hydrogens (tertiary/aromatic N) is 5. The fourth-order valence-electron chi connectivity index (χ4n) is 1.74. The maximum absolute atomic E-state index is 11.9. The highest BCUT2D eigenvalue weighted by Crippen LogP contribution is 2.06. The zero-order valence-electron chi connectivity index (χ0n) is 11.0. The van der Waals surface area contributed by atoms with Gasteiger partial charge in [0.2, 0.25) is 5.03 Å². The minimum atomic E-state index is -3.59. The molecule has 0 saturated heterocycles. The zero-order valence-corrected chi connectivity index (χ0v) is 11.8. The van der Waals surface area contributed by atoms with E-state index in [2.05, 4.69) is 20.1 Å². The number of hydrogen-bond donors (Lipinski definition) is 1. The summed E-state index contributed by atoms with van der Waals surface area (Å²) in [6, 6.07) is 0. The van der Waals surface area contributed by atoms with Crippen LogP contribution >= 0.6 is 0 Å². The van der Waals surface area contributed by atoms with E-state index in [9.17, 15) is 8.42 Å². The molecule has 0 aliphatic heterocycles. The summed E-state index contributed by atoms with van der Waals surface area (Å²) in [5.74, 6) is 0. The van der Waals surface area contributed by atoms with Gasteiger partial charge in [-0.25, -0.2) is 13.1 Å². The predicted octanol–water partition coefficient (Wildman–Crippen LogP) is -0.622. The molecule has 0 radical (unpaired) electrons. The Morgan fingerprint density at radius 2 is 2.00 bits per heavy atom. The summed E-state index contributed by atoms with van der Waals surface area (Å²) in [5, 5.41) is 11.3. The van der Waals surface area contributed by atoms with Crippen LogP contribution in [0.3, 0.4) is 0 Å². The van der Waals surface area contributed by atoms with Crippen molar-refractivity contribution in [2.24, 2.45) is 14.1 Å². The Morgan fingerprint density at radius 1 is 1.26 bits per heavy atom. The van der Waals surface area contributed by atoms with Crippen molar-refractivity contribution in [3.8, 4) is 0 Å². The van der Waals surface area contributed by atoms with Crippen LogP contribution in [-0.2, 0) is 30.5 Å². The van der Waals surface area contributed by atoms with E-state index in [1.165, 1.54) is 10.9 Å². The molecule has 0 aliphatic carbocycles. The van der Waals surface area contributed by atoms with Gasteiger partial charge in [-0.05, 0) is 18.9 Å². The van der Waals surface area contributed by atoms with Gasteiger partial charge >= 0.3 is 0 Å². The highest BCUT2D eigenvalue weighted by molar-refractivity contribution is 7.89. The maximum Gasteiger partial charge on any atom is 0.261 e. The third-order valence-electron chi connectivity index (χ3n) is 2.66. The minimum Gasteiger partial charge on any atom is -0.275 e. The number of aryl methyl sites for hydroxylation is 3. The highest BCUT2D eigenvalue weighted by atomic mass is 32.2. The largest absolute Gasteiger partial charge is 0.275 e. The monoisotopic (exact) mass is 284 g/mol. The lowest BCUT2D eigenvalue weighted by molar-refractivity contribution is 0.577. The van der Waals surface area contributed by atoms with Gasteiger partial charge in [-0.3, -0.25) is 9.36 Å². The van der Waals surface area contributed by atoms with Crippen molar-refractivity contribution in [1.29, 1.82) is 0 Å². The number of nitrogens with one attached hydrogen (secondary N) is 1. The van der Waals surface area contributed by atoms with Crippen molar-refractivity contribution in [2.75, 3.05) is 6.54 Å². The summed E-state index contributed by atoms with van der Waals surface area (Å²) < 4.78 is 29.3. The summed E-state index contributed by atoms with van der Waals surface area (Å²) >= 11 is 0. The average Bonchev–Trinajstić information content (AvgIpc) is 2.86. The predicted molar refractivity (Wildman–Crippen MR) is 67.8 cm³/mol. The quantitative estimate of drug-likeness (QED) is 0.789. The second-order valence-electron chi connectivity index (χ2n) is 4.29. The van der Waals surface area contributed by atoms with E-state index in [0.29, 0.717) is 13.0 Å². The molecule has 0 amide bonds. The van der Waals surface area contributed by atoms with Crippen LogP contribution < -0.4 is 4.72 Å². The third kappa shape index (κ3) is 3.18. The highest BCUT2D eigenvalue weighted by Gasteiger charge is 2.17. The van der Waals surface area contributed by atoms with E-state index >= 15 is 0 Å². The van der Waals surface area contributed by atoms with Gasteiger partial charge in [0.05, 0.1) is 11.9 Å². The SMILES string of the molecule is Cc1nn(C)cc1CCNS(=O)(=O)c1cn(C)nn1. The molecule has 2 aromatic heterocycles. The molecule has 0 fully saturated rings. The van der Waals surface area contributed by atoms with E-state index in [1.54, 1.807) is 11.7 Å². The van der Waals surface area contributed by atoms with E-state index in [4.69, 9.17) is 0 Å². The number of sulfonamides is 1. The standard InChI is InChI=1S/C10H16N6O2S/c1-8-9(6-15(2)13-8)4-5-11-19(17,18)10-7-16(3)14-12-10/h6-7,11H,4-5H2,1-3H3. The topological polar surface area (TPSA) is 94.7 Å². The molecule has 0 spiro atoms. The molecule has 0 atom stereocenters. The van der Waals surface area contributed by atoms with Crippen molar-refractivity contribution >= 4 is 10.0 Å². The second-order valence-corrected chi connectivity index (χ2v) is 6.01. The van der Waals surface area contributed by atoms with Crippen LogP contribution in [0, 0.1) is 6.92 Å². The van der Waals surface area contributed by atoms with Crippen LogP contribution in [0.1, 0.15) is 11.3 Å². The molecule has 104 valence electrons. The van der Waals surface area contributed by atoms with Crippen LogP contribution in [-0.4, -0.2) is 39.7 Å². The fraction of sp³-hybridized carbons (Fsp3) is 0.500. The molecule has 0 saturated carbocycles. The lowest BCUT2D eigenvalue weighted by Crippen LogP contribution is -2.26. The van der Waals surface area contributed by atoms with Gasteiger partial charge in [0, 0.05) is 26.8 Å². The van der Waals surface area contributed by atoms with Crippen molar-refractivity contribution in [3.63, 3.8) is 0 Å². The Kier molecular flexibility index (Phi) is 3.67. The Labute approximate surface area is 111 Å². The zero-order chi connectivity index (χ0) is 14.0. The first-order valence-corrected chi connectivity index (χ1v) is 7.22. The first-order valence-electron chi connectivity index (χ1n) is 5.73. The van der Waals surface area contributed by atoms with Gasteiger partial charge in [-0.15, -0.1) is 5.10 Å². The molecule has 0 aliphatic rings. The van der Waals surface area contributed by atoms with Gasteiger partial charge in [0.25, 0.3) is 10.0 Å². The van der Waals surface area contributed by atoms with Crippen molar-refractivity contribution < 1.29 is 8.42 Å². The van der Waals surface area contributed by atoms with E-state index in [1.807, 2.05) is 20.2 Å². The minimum absolute atomic E-state index is 0.0714. The average molecular weight is 284 g/mol. The van der Waals surface area contributed by atoms with Gasteiger partial charge in [0.1, 0.15) is 0 Å². The Bertz CT molecular complexity index is 672. The van der Waals surface area contributed by atoms with Gasteiger partial charge in [0.15, 0.2) is 0 Å². The Hall–Kier alpha value is -1.74. The molecule has 0 bridgehead atoms. The molecule has 9 heteroatoms. The molecule has 1 N–H and O–H groups in total. The van der Waals surface area contributed by atoms with E-state index < -0.39 is 10.0 Å². The summed E-state index contributed by atoms with van der Waals surface area (Å²) in [6.07, 6.45) is 3.82. The van der Waals surface area contributed by atoms with Gasteiger partial charge in [-0.1, -0.05) is 5.21 Å². The first-order chi connectivity index (χ1) is 8.88. The smallest absolute Gasteiger partial charge is 0.261 e. The molecular formula is C10H16N6O2S. The Balaban J connectivity index is 1.97.